The molecular weight excluding hydrogens is 220 g/mol. The molecule has 0 saturated carbocycles. The minimum atomic E-state index is 0.507. The number of nitrogens with zero attached hydrogens (tertiary/aromatic N) is 3. The lowest BCUT2D eigenvalue weighted by Crippen LogP contribution is -2.00. The van der Waals surface area contributed by atoms with Crippen LogP contribution in [0.4, 0.5) is 0 Å². The van der Waals surface area contributed by atoms with Crippen LogP contribution in [0.1, 0.15) is 11.3 Å². The maximum atomic E-state index is 5.67. The number of aryl methyl sites for hydroxylation is 2. The van der Waals surface area contributed by atoms with Crippen LogP contribution in [-0.4, -0.2) is 14.8 Å². The normalized spacial score (nSPS) is 10.7. The first-order valence-corrected chi connectivity index (χ1v) is 5.85. The van der Waals surface area contributed by atoms with Gasteiger partial charge in [-0.15, -0.1) is 0 Å². The van der Waals surface area contributed by atoms with Crippen molar-refractivity contribution in [1.82, 2.24) is 14.8 Å². The third-order valence-corrected chi connectivity index (χ3v) is 3.38. The Labute approximate surface area is 98.9 Å². The largest absolute Gasteiger partial charge is 0.326 e. The average molecular weight is 234 g/mol. The third-order valence-electron chi connectivity index (χ3n) is 2.23. The molecule has 0 spiro atoms. The summed E-state index contributed by atoms with van der Waals surface area (Å²) in [7, 11) is 1.93. The Bertz CT molecular complexity index is 492. The van der Waals surface area contributed by atoms with Gasteiger partial charge in [-0.2, -0.15) is 5.10 Å². The molecule has 0 aliphatic carbocycles. The van der Waals surface area contributed by atoms with E-state index >= 15 is 0 Å². The topological polar surface area (TPSA) is 56.7 Å². The van der Waals surface area contributed by atoms with E-state index < -0.39 is 0 Å². The van der Waals surface area contributed by atoms with Crippen LogP contribution < -0.4 is 5.73 Å². The van der Waals surface area contributed by atoms with E-state index in [2.05, 4.69) is 10.1 Å². The van der Waals surface area contributed by atoms with Crippen molar-refractivity contribution in [1.29, 1.82) is 0 Å². The Balaban J connectivity index is 2.30. The fourth-order valence-electron chi connectivity index (χ4n) is 1.45. The summed E-state index contributed by atoms with van der Waals surface area (Å²) in [6, 6.07) is 5.94. The molecule has 0 radical (unpaired) electrons. The molecule has 0 fully saturated rings. The summed E-state index contributed by atoms with van der Waals surface area (Å²) in [5.41, 5.74) is 7.74. The summed E-state index contributed by atoms with van der Waals surface area (Å²) in [4.78, 5) is 4.34. The van der Waals surface area contributed by atoms with Gasteiger partial charge in [0.05, 0.1) is 5.69 Å². The van der Waals surface area contributed by atoms with E-state index in [-0.39, 0.29) is 0 Å². The third kappa shape index (κ3) is 2.25. The van der Waals surface area contributed by atoms with E-state index in [4.69, 9.17) is 5.73 Å². The number of hydrogen-bond acceptors (Lipinski definition) is 4. The zero-order chi connectivity index (χ0) is 11.5. The highest BCUT2D eigenvalue weighted by Crippen LogP contribution is 2.28. The fraction of sp³-hybridized carbons (Fsp3) is 0.273. The van der Waals surface area contributed by atoms with Gasteiger partial charge in [-0.1, -0.05) is 17.8 Å². The highest BCUT2D eigenvalue weighted by Gasteiger charge is 2.08. The highest BCUT2D eigenvalue weighted by molar-refractivity contribution is 7.99. The van der Waals surface area contributed by atoms with Crippen LogP contribution in [0.15, 0.2) is 34.4 Å². The molecular formula is C11H14N4S. The molecule has 0 saturated heterocycles. The predicted octanol–water partition coefficient (Wildman–Crippen LogP) is 1.73. The number of hydrogen-bond donors (Lipinski definition) is 1. The molecule has 2 aromatic heterocycles. The van der Waals surface area contributed by atoms with Gasteiger partial charge < -0.3 is 5.73 Å². The van der Waals surface area contributed by atoms with Gasteiger partial charge in [-0.05, 0) is 24.6 Å². The van der Waals surface area contributed by atoms with E-state index in [9.17, 15) is 0 Å². The SMILES string of the molecule is Cc1cc(Sc2ncccc2CN)n(C)n1. The minimum Gasteiger partial charge on any atom is -0.326 e. The summed E-state index contributed by atoms with van der Waals surface area (Å²) in [6.45, 7) is 2.49. The second-order valence-electron chi connectivity index (χ2n) is 3.52. The predicted molar refractivity (Wildman–Crippen MR) is 64.2 cm³/mol. The Morgan fingerprint density at radius 1 is 1.50 bits per heavy atom. The molecule has 4 nitrogen and oxygen atoms in total. The Kier molecular flexibility index (Phi) is 3.26. The summed E-state index contributed by atoms with van der Waals surface area (Å²) in [5, 5.41) is 6.33. The van der Waals surface area contributed by atoms with Gasteiger partial charge >= 0.3 is 0 Å². The molecule has 0 aliphatic rings. The zero-order valence-corrected chi connectivity index (χ0v) is 10.2. The number of rotatable bonds is 3. The number of nitrogens with two attached hydrogens (primary N) is 1. The van der Waals surface area contributed by atoms with Crippen molar-refractivity contribution in [2.24, 2.45) is 12.8 Å². The number of pyridine rings is 1. The Morgan fingerprint density at radius 2 is 2.31 bits per heavy atom. The van der Waals surface area contributed by atoms with Gasteiger partial charge in [0.2, 0.25) is 0 Å². The van der Waals surface area contributed by atoms with Gasteiger partial charge in [-0.25, -0.2) is 4.98 Å². The zero-order valence-electron chi connectivity index (χ0n) is 9.34. The van der Waals surface area contributed by atoms with E-state index in [1.54, 1.807) is 18.0 Å². The van der Waals surface area contributed by atoms with Crippen molar-refractivity contribution in [3.8, 4) is 0 Å². The lowest BCUT2D eigenvalue weighted by Gasteiger charge is -2.05. The van der Waals surface area contributed by atoms with Crippen LogP contribution in [0.25, 0.3) is 0 Å². The second-order valence-corrected chi connectivity index (χ2v) is 4.53. The monoisotopic (exact) mass is 234 g/mol. The van der Waals surface area contributed by atoms with Crippen LogP contribution in [0, 0.1) is 6.92 Å². The molecule has 2 rings (SSSR count). The van der Waals surface area contributed by atoms with E-state index in [1.807, 2.05) is 36.9 Å². The lowest BCUT2D eigenvalue weighted by molar-refractivity contribution is 0.691. The van der Waals surface area contributed by atoms with Crippen molar-refractivity contribution >= 4 is 11.8 Å². The summed E-state index contributed by atoms with van der Waals surface area (Å²) < 4.78 is 1.86. The Morgan fingerprint density at radius 3 is 2.94 bits per heavy atom. The van der Waals surface area contributed by atoms with Crippen molar-refractivity contribution in [3.63, 3.8) is 0 Å². The van der Waals surface area contributed by atoms with Crippen molar-refractivity contribution < 1.29 is 0 Å². The molecule has 0 bridgehead atoms. The fourth-order valence-corrected chi connectivity index (χ4v) is 2.45. The maximum absolute atomic E-state index is 5.67. The number of aromatic nitrogens is 3. The van der Waals surface area contributed by atoms with E-state index in [0.717, 1.165) is 21.3 Å². The van der Waals surface area contributed by atoms with Crippen molar-refractivity contribution in [2.75, 3.05) is 0 Å². The van der Waals surface area contributed by atoms with Crippen LogP contribution in [0.3, 0.4) is 0 Å². The quantitative estimate of drug-likeness (QED) is 0.878. The summed E-state index contributed by atoms with van der Waals surface area (Å²) in [5.74, 6) is 0. The first kappa shape index (κ1) is 11.2. The molecule has 2 aromatic rings. The van der Waals surface area contributed by atoms with Crippen molar-refractivity contribution in [2.45, 2.75) is 23.5 Å². The van der Waals surface area contributed by atoms with Gasteiger partial charge in [0.1, 0.15) is 10.1 Å². The van der Waals surface area contributed by atoms with Crippen LogP contribution >= 0.6 is 11.8 Å². The summed E-state index contributed by atoms with van der Waals surface area (Å²) >= 11 is 1.60. The standard InChI is InChI=1S/C11H14N4S/c1-8-6-10(15(2)14-8)16-11-9(7-12)4-3-5-13-11/h3-6H,7,12H2,1-2H3. The maximum Gasteiger partial charge on any atom is 0.107 e. The van der Waals surface area contributed by atoms with Crippen LogP contribution in [0.5, 0.6) is 0 Å². The van der Waals surface area contributed by atoms with Crippen LogP contribution in [-0.2, 0) is 13.6 Å². The molecule has 2 N–H and O–H groups in total. The lowest BCUT2D eigenvalue weighted by atomic mass is 10.3. The van der Waals surface area contributed by atoms with Gasteiger partial charge in [0.15, 0.2) is 0 Å². The Hall–Kier alpha value is -1.33. The minimum absolute atomic E-state index is 0.507. The average Bonchev–Trinajstić information content (AvgIpc) is 2.58. The van der Waals surface area contributed by atoms with Gasteiger partial charge in [-0.3, -0.25) is 4.68 Å². The molecule has 0 aliphatic heterocycles. The van der Waals surface area contributed by atoms with E-state index in [0.29, 0.717) is 6.54 Å². The van der Waals surface area contributed by atoms with E-state index in [1.165, 1.54) is 0 Å². The van der Waals surface area contributed by atoms with Crippen LogP contribution in [0.2, 0.25) is 0 Å². The first-order valence-electron chi connectivity index (χ1n) is 5.03. The van der Waals surface area contributed by atoms with Crippen molar-refractivity contribution in [3.05, 3.63) is 35.7 Å². The molecule has 16 heavy (non-hydrogen) atoms. The molecule has 0 amide bonds. The molecule has 0 atom stereocenters. The molecule has 2 heterocycles. The molecule has 5 heteroatoms. The smallest absolute Gasteiger partial charge is 0.107 e. The highest BCUT2D eigenvalue weighted by atomic mass is 32.2. The first-order chi connectivity index (χ1) is 7.70. The second kappa shape index (κ2) is 4.67. The van der Waals surface area contributed by atoms with Gasteiger partial charge in [0, 0.05) is 19.8 Å². The summed E-state index contributed by atoms with van der Waals surface area (Å²) in [6.07, 6.45) is 1.78. The molecule has 0 aromatic carbocycles. The molecule has 0 unspecified atom stereocenters. The molecule has 84 valence electrons. The van der Waals surface area contributed by atoms with Gasteiger partial charge in [0.25, 0.3) is 0 Å².